The highest BCUT2D eigenvalue weighted by atomic mass is 32.1. The van der Waals surface area contributed by atoms with Crippen LogP contribution in [0.1, 0.15) is 16.6 Å². The molecule has 0 spiro atoms. The average molecular weight is 247 g/mol. The maximum Gasteiger partial charge on any atom is 0.246 e. The van der Waals surface area contributed by atoms with Crippen LogP contribution in [-0.2, 0) is 4.79 Å². The zero-order valence-electron chi connectivity index (χ0n) is 9.38. The summed E-state index contributed by atoms with van der Waals surface area (Å²) in [6.45, 7) is 1.84. The SMILES string of the molecule is Cc1ncccc1NC(=O)C(N)c1cccs1. The molecule has 0 bridgehead atoms. The van der Waals surface area contributed by atoms with Crippen molar-refractivity contribution in [2.24, 2.45) is 5.73 Å². The highest BCUT2D eigenvalue weighted by Gasteiger charge is 2.17. The van der Waals surface area contributed by atoms with Gasteiger partial charge in [0.1, 0.15) is 6.04 Å². The highest BCUT2D eigenvalue weighted by Crippen LogP contribution is 2.19. The van der Waals surface area contributed by atoms with E-state index in [-0.39, 0.29) is 5.91 Å². The summed E-state index contributed by atoms with van der Waals surface area (Å²) in [6, 6.07) is 6.68. The van der Waals surface area contributed by atoms with Crippen molar-refractivity contribution in [1.29, 1.82) is 0 Å². The molecule has 0 radical (unpaired) electrons. The van der Waals surface area contributed by atoms with E-state index in [1.54, 1.807) is 18.3 Å². The van der Waals surface area contributed by atoms with Crippen molar-refractivity contribution in [3.63, 3.8) is 0 Å². The van der Waals surface area contributed by atoms with Crippen LogP contribution in [0.2, 0.25) is 0 Å². The number of hydrogen-bond donors (Lipinski definition) is 2. The first-order chi connectivity index (χ1) is 8.18. The van der Waals surface area contributed by atoms with Crippen molar-refractivity contribution in [3.8, 4) is 0 Å². The number of thiophene rings is 1. The number of hydrogen-bond acceptors (Lipinski definition) is 4. The highest BCUT2D eigenvalue weighted by molar-refractivity contribution is 7.10. The van der Waals surface area contributed by atoms with Crippen LogP contribution in [0.25, 0.3) is 0 Å². The van der Waals surface area contributed by atoms with Gasteiger partial charge in [0.2, 0.25) is 5.91 Å². The molecule has 88 valence electrons. The number of carbonyl (C=O) groups is 1. The molecule has 17 heavy (non-hydrogen) atoms. The predicted octanol–water partition coefficient (Wildman–Crippen LogP) is 2.09. The van der Waals surface area contributed by atoms with Crippen molar-refractivity contribution < 1.29 is 4.79 Å². The van der Waals surface area contributed by atoms with E-state index < -0.39 is 6.04 Å². The van der Waals surface area contributed by atoms with E-state index >= 15 is 0 Å². The lowest BCUT2D eigenvalue weighted by Crippen LogP contribution is -2.27. The number of rotatable bonds is 3. The van der Waals surface area contributed by atoms with E-state index in [1.807, 2.05) is 24.4 Å². The Hall–Kier alpha value is -1.72. The number of nitrogens with zero attached hydrogens (tertiary/aromatic N) is 1. The Kier molecular flexibility index (Phi) is 3.51. The van der Waals surface area contributed by atoms with Gasteiger partial charge in [-0.1, -0.05) is 6.07 Å². The second-order valence-electron chi connectivity index (χ2n) is 3.62. The maximum atomic E-state index is 11.9. The van der Waals surface area contributed by atoms with Crippen LogP contribution in [0.5, 0.6) is 0 Å². The van der Waals surface area contributed by atoms with Gasteiger partial charge in [0.25, 0.3) is 0 Å². The van der Waals surface area contributed by atoms with Crippen LogP contribution >= 0.6 is 11.3 Å². The quantitative estimate of drug-likeness (QED) is 0.872. The minimum atomic E-state index is -0.630. The summed E-state index contributed by atoms with van der Waals surface area (Å²) < 4.78 is 0. The van der Waals surface area contributed by atoms with Crippen LogP contribution in [-0.4, -0.2) is 10.9 Å². The zero-order chi connectivity index (χ0) is 12.3. The normalized spacial score (nSPS) is 12.1. The molecule has 2 rings (SSSR count). The molecular weight excluding hydrogens is 234 g/mol. The molecule has 0 aliphatic rings. The van der Waals surface area contributed by atoms with Gasteiger partial charge in [-0.3, -0.25) is 9.78 Å². The van der Waals surface area contributed by atoms with Crippen molar-refractivity contribution >= 4 is 22.9 Å². The number of carbonyl (C=O) groups excluding carboxylic acids is 1. The molecule has 5 heteroatoms. The number of amides is 1. The third-order valence-electron chi connectivity index (χ3n) is 2.40. The summed E-state index contributed by atoms with van der Waals surface area (Å²) in [7, 11) is 0. The molecule has 0 aliphatic carbocycles. The fraction of sp³-hybridized carbons (Fsp3) is 0.167. The third kappa shape index (κ3) is 2.69. The van der Waals surface area contributed by atoms with Crippen LogP contribution in [0.4, 0.5) is 5.69 Å². The molecule has 1 unspecified atom stereocenters. The fourth-order valence-corrected chi connectivity index (χ4v) is 2.15. The molecule has 1 amide bonds. The van der Waals surface area contributed by atoms with E-state index in [4.69, 9.17) is 5.73 Å². The Balaban J connectivity index is 2.10. The Morgan fingerprint density at radius 1 is 1.47 bits per heavy atom. The minimum absolute atomic E-state index is 0.219. The number of nitrogens with two attached hydrogens (primary N) is 1. The maximum absolute atomic E-state index is 11.9. The van der Waals surface area contributed by atoms with E-state index in [1.165, 1.54) is 11.3 Å². The van der Waals surface area contributed by atoms with Gasteiger partial charge in [0.05, 0.1) is 11.4 Å². The lowest BCUT2D eigenvalue weighted by Gasteiger charge is -2.11. The molecule has 2 aromatic heterocycles. The molecule has 1 atom stereocenters. The van der Waals surface area contributed by atoms with Gasteiger partial charge in [0, 0.05) is 11.1 Å². The van der Waals surface area contributed by atoms with Crippen molar-refractivity contribution in [1.82, 2.24) is 4.98 Å². The van der Waals surface area contributed by atoms with Crippen LogP contribution in [0, 0.1) is 6.92 Å². The number of aromatic nitrogens is 1. The topological polar surface area (TPSA) is 68.0 Å². The zero-order valence-corrected chi connectivity index (χ0v) is 10.2. The molecule has 2 heterocycles. The molecule has 2 aromatic rings. The molecule has 0 aliphatic heterocycles. The fourth-order valence-electron chi connectivity index (χ4n) is 1.42. The summed E-state index contributed by atoms with van der Waals surface area (Å²) in [5.41, 5.74) is 7.33. The van der Waals surface area contributed by atoms with Gasteiger partial charge in [-0.2, -0.15) is 0 Å². The Morgan fingerprint density at radius 3 is 2.94 bits per heavy atom. The lowest BCUT2D eigenvalue weighted by molar-refractivity contribution is -0.117. The molecule has 0 saturated heterocycles. The van der Waals surface area contributed by atoms with Gasteiger partial charge in [-0.15, -0.1) is 11.3 Å². The van der Waals surface area contributed by atoms with Gasteiger partial charge in [-0.25, -0.2) is 0 Å². The lowest BCUT2D eigenvalue weighted by atomic mass is 10.2. The Labute approximate surface area is 103 Å². The van der Waals surface area contributed by atoms with Crippen molar-refractivity contribution in [3.05, 3.63) is 46.4 Å². The van der Waals surface area contributed by atoms with Crippen LogP contribution in [0.15, 0.2) is 35.8 Å². The number of pyridine rings is 1. The second-order valence-corrected chi connectivity index (χ2v) is 4.60. The molecule has 0 aromatic carbocycles. The Morgan fingerprint density at radius 2 is 2.29 bits per heavy atom. The summed E-state index contributed by atoms with van der Waals surface area (Å²) >= 11 is 1.47. The summed E-state index contributed by atoms with van der Waals surface area (Å²) in [5, 5.41) is 4.68. The molecule has 3 N–H and O–H groups in total. The van der Waals surface area contributed by atoms with Gasteiger partial charge in [-0.05, 0) is 30.5 Å². The third-order valence-corrected chi connectivity index (χ3v) is 3.35. The minimum Gasteiger partial charge on any atom is -0.323 e. The first-order valence-electron chi connectivity index (χ1n) is 5.20. The van der Waals surface area contributed by atoms with E-state index in [9.17, 15) is 4.79 Å². The summed E-state index contributed by atoms with van der Waals surface area (Å²) in [5.74, 6) is -0.219. The average Bonchev–Trinajstić information content (AvgIpc) is 2.84. The standard InChI is InChI=1S/C12H13N3OS/c1-8-9(4-2-6-14-8)15-12(16)11(13)10-5-3-7-17-10/h2-7,11H,13H2,1H3,(H,15,16). The van der Waals surface area contributed by atoms with E-state index in [2.05, 4.69) is 10.3 Å². The monoisotopic (exact) mass is 247 g/mol. The van der Waals surface area contributed by atoms with Gasteiger partial charge >= 0.3 is 0 Å². The predicted molar refractivity (Wildman–Crippen MR) is 68.9 cm³/mol. The Bertz CT molecular complexity index is 510. The largest absolute Gasteiger partial charge is 0.323 e. The van der Waals surface area contributed by atoms with Crippen LogP contribution in [0.3, 0.4) is 0 Å². The van der Waals surface area contributed by atoms with Gasteiger partial charge < -0.3 is 11.1 Å². The number of aryl methyl sites for hydroxylation is 1. The molecule has 0 saturated carbocycles. The number of nitrogens with one attached hydrogen (secondary N) is 1. The first-order valence-corrected chi connectivity index (χ1v) is 6.08. The van der Waals surface area contributed by atoms with Crippen molar-refractivity contribution in [2.45, 2.75) is 13.0 Å². The molecule has 4 nitrogen and oxygen atoms in total. The van der Waals surface area contributed by atoms with E-state index in [0.29, 0.717) is 5.69 Å². The van der Waals surface area contributed by atoms with Crippen LogP contribution < -0.4 is 11.1 Å². The first kappa shape index (κ1) is 11.8. The van der Waals surface area contributed by atoms with Gasteiger partial charge in [0.15, 0.2) is 0 Å². The number of anilines is 1. The molecule has 0 fully saturated rings. The summed E-state index contributed by atoms with van der Waals surface area (Å²) in [6.07, 6.45) is 1.68. The molecular formula is C12H13N3OS. The van der Waals surface area contributed by atoms with Crippen molar-refractivity contribution in [2.75, 3.05) is 5.32 Å². The second kappa shape index (κ2) is 5.07. The summed E-state index contributed by atoms with van der Waals surface area (Å²) in [4.78, 5) is 16.9. The van der Waals surface area contributed by atoms with E-state index in [0.717, 1.165) is 10.6 Å². The smallest absolute Gasteiger partial charge is 0.246 e.